The average molecular weight is 539 g/mol. The molecule has 0 bridgehead atoms. The molecule has 0 aliphatic carbocycles. The van der Waals surface area contributed by atoms with Gasteiger partial charge in [-0.15, -0.1) is 11.5 Å². The first-order chi connectivity index (χ1) is 16.3. The number of nitrogens with zero attached hydrogens (tertiary/aromatic N) is 2. The molecule has 0 atom stereocenters. The smallest absolute Gasteiger partial charge is 0.872 e. The van der Waals surface area contributed by atoms with E-state index in [-0.39, 0.29) is 28.0 Å². The van der Waals surface area contributed by atoms with Gasteiger partial charge in [0.15, 0.2) is 0 Å². The predicted molar refractivity (Wildman–Crippen MR) is 123 cm³/mol. The average Bonchev–Trinajstić information content (AvgIpc) is 2.90. The molecule has 0 radical (unpaired) electrons. The number of hydrogen-bond acceptors (Lipinski definition) is 11. The Bertz CT molecular complexity index is 786. The Kier molecular flexibility index (Phi) is 18.7. The molecule has 0 saturated carbocycles. The summed E-state index contributed by atoms with van der Waals surface area (Å²) in [5.74, 6) is -0.400. The Morgan fingerprint density at radius 3 is 1.09 bits per heavy atom. The quantitative estimate of drug-likeness (QED) is 0.124. The minimum atomic E-state index is -1.33. The maximum Gasteiger partial charge on any atom is 2.00 e. The molecule has 2 aromatic rings. The first-order valence-corrected chi connectivity index (χ1v) is 10.1. The van der Waals surface area contributed by atoms with E-state index in [4.69, 9.17) is 35.7 Å². The van der Waals surface area contributed by atoms with Gasteiger partial charge in [0, 0.05) is 19.5 Å². The van der Waals surface area contributed by atoms with Crippen molar-refractivity contribution < 1.29 is 62.5 Å². The van der Waals surface area contributed by atoms with Crippen LogP contribution in [0.4, 0.5) is 0 Å². The summed E-state index contributed by atoms with van der Waals surface area (Å²) in [7, 11) is 1.00. The molecule has 35 heavy (non-hydrogen) atoms. The first-order valence-electron chi connectivity index (χ1n) is 10.1. The fraction of sp³-hybridized carbons (Fsp3) is 0.391. The zero-order valence-corrected chi connectivity index (χ0v) is 20.2. The molecule has 0 heterocycles. The van der Waals surface area contributed by atoms with Crippen LogP contribution in [0, 0.1) is 0 Å². The zero-order chi connectivity index (χ0) is 26.0. The maximum absolute atomic E-state index is 11.3. The Balaban J connectivity index is 0. The van der Waals surface area contributed by atoms with Crippen molar-refractivity contribution in [1.29, 1.82) is 0 Å². The van der Waals surface area contributed by atoms with E-state index < -0.39 is 50.7 Å². The second-order valence-corrected chi connectivity index (χ2v) is 6.99. The van der Waals surface area contributed by atoms with Crippen LogP contribution in [-0.2, 0) is 16.5 Å². The number of benzene rings is 2. The van der Waals surface area contributed by atoms with Crippen molar-refractivity contribution in [2.24, 2.45) is 9.98 Å². The Morgan fingerprint density at radius 1 is 0.600 bits per heavy atom. The molecule has 11 nitrogen and oxygen atoms in total. The number of aliphatic imine (C=N–C) groups is 2. The largest absolute Gasteiger partial charge is 2.00 e. The zero-order valence-electron chi connectivity index (χ0n) is 19.2. The molecule has 2 rings (SSSR count). The van der Waals surface area contributed by atoms with Crippen LogP contribution in [0.1, 0.15) is 11.1 Å². The van der Waals surface area contributed by atoms with Crippen LogP contribution in [0.15, 0.2) is 58.5 Å². The van der Waals surface area contributed by atoms with Crippen molar-refractivity contribution in [1.82, 2.24) is 0 Å². The molecule has 0 aromatic heterocycles. The fourth-order valence-corrected chi connectivity index (χ4v) is 2.13. The van der Waals surface area contributed by atoms with Gasteiger partial charge in [-0.2, -0.15) is 0 Å². The minimum absolute atomic E-state index is 0. The van der Waals surface area contributed by atoms with Crippen molar-refractivity contribution in [2.75, 3.05) is 46.8 Å². The number of hydrogen-bond donors (Lipinski definition) is 7. The molecule has 0 aliphatic heterocycles. The SMILES string of the molecule is CO.[Ni+2].[O-]c1ccccc1C=NC(CO)(CO)CO.[O-]c1ccccc1C=NC(CO)(CO)CO. The summed E-state index contributed by atoms with van der Waals surface area (Å²) < 4.78 is 0. The number of aliphatic hydroxyl groups is 7. The second kappa shape index (κ2) is 18.9. The summed E-state index contributed by atoms with van der Waals surface area (Å²) in [6.45, 7) is -2.93. The summed E-state index contributed by atoms with van der Waals surface area (Å²) >= 11 is 0. The van der Waals surface area contributed by atoms with Crippen molar-refractivity contribution in [3.05, 3.63) is 59.7 Å². The molecule has 0 saturated heterocycles. The van der Waals surface area contributed by atoms with Gasteiger partial charge >= 0.3 is 16.5 Å². The summed E-state index contributed by atoms with van der Waals surface area (Å²) in [6, 6.07) is 12.5. The third-order valence-electron chi connectivity index (χ3n) is 4.56. The summed E-state index contributed by atoms with van der Waals surface area (Å²) in [4.78, 5) is 7.73. The molecule has 2 aromatic carbocycles. The van der Waals surface area contributed by atoms with E-state index in [1.807, 2.05) is 0 Å². The van der Waals surface area contributed by atoms with Crippen molar-refractivity contribution in [2.45, 2.75) is 11.1 Å². The topological polar surface area (TPSA) is 212 Å². The molecule has 0 amide bonds. The van der Waals surface area contributed by atoms with E-state index in [2.05, 4.69) is 9.98 Å². The summed E-state index contributed by atoms with van der Waals surface area (Å²) in [5, 5.41) is 83.7. The first kappa shape index (κ1) is 34.8. The van der Waals surface area contributed by atoms with Gasteiger partial charge in [0.05, 0.1) is 39.6 Å². The van der Waals surface area contributed by atoms with Gasteiger partial charge in [-0.05, 0) is 11.1 Å². The third-order valence-corrected chi connectivity index (χ3v) is 4.56. The van der Waals surface area contributed by atoms with Crippen LogP contribution >= 0.6 is 0 Å². The molecule has 12 heteroatoms. The molecule has 7 N–H and O–H groups in total. The van der Waals surface area contributed by atoms with E-state index in [1.54, 1.807) is 36.4 Å². The number of para-hydroxylation sites is 2. The van der Waals surface area contributed by atoms with Gasteiger partial charge in [0.25, 0.3) is 0 Å². The summed E-state index contributed by atoms with van der Waals surface area (Å²) in [6.07, 6.45) is 2.51. The normalized spacial score (nSPS) is 11.3. The summed E-state index contributed by atoms with van der Waals surface area (Å²) in [5.41, 5.74) is -1.96. The molecular formula is C23H32N2NiO9. The Hall–Kier alpha value is -2.41. The van der Waals surface area contributed by atoms with Gasteiger partial charge in [0.2, 0.25) is 0 Å². The molecule has 0 aliphatic rings. The van der Waals surface area contributed by atoms with Gasteiger partial charge < -0.3 is 46.0 Å². The number of aliphatic hydroxyl groups excluding tert-OH is 7. The van der Waals surface area contributed by atoms with Gasteiger partial charge in [0.1, 0.15) is 11.1 Å². The second-order valence-electron chi connectivity index (χ2n) is 6.99. The van der Waals surface area contributed by atoms with E-state index >= 15 is 0 Å². The molecule has 0 unspecified atom stereocenters. The van der Waals surface area contributed by atoms with Crippen molar-refractivity contribution in [3.63, 3.8) is 0 Å². The van der Waals surface area contributed by atoms with Gasteiger partial charge in [-0.3, -0.25) is 9.98 Å². The van der Waals surface area contributed by atoms with E-state index in [9.17, 15) is 10.2 Å². The minimum Gasteiger partial charge on any atom is -0.872 e. The third kappa shape index (κ3) is 11.2. The molecule has 0 fully saturated rings. The van der Waals surface area contributed by atoms with E-state index in [0.717, 1.165) is 7.11 Å². The molecular weight excluding hydrogens is 507 g/mol. The fourth-order valence-electron chi connectivity index (χ4n) is 2.13. The Morgan fingerprint density at radius 2 is 0.857 bits per heavy atom. The standard InChI is InChI=1S/2C11H15NO4.CH4O.Ni/c2*13-6-11(7-14,8-15)12-5-9-3-1-2-4-10(9)16;1-2;/h2*1-5,13-16H,6-8H2;2H,1H3;/q;;;+2/p-2. The maximum atomic E-state index is 11.3. The number of rotatable bonds is 10. The van der Waals surface area contributed by atoms with Crippen molar-refractivity contribution >= 4 is 12.4 Å². The van der Waals surface area contributed by atoms with Gasteiger partial charge in [-0.1, -0.05) is 48.5 Å². The monoisotopic (exact) mass is 538 g/mol. The predicted octanol–water partition coefficient (Wildman–Crippen LogP) is -2.60. The molecule has 0 spiro atoms. The van der Waals surface area contributed by atoms with Gasteiger partial charge in [-0.25, -0.2) is 0 Å². The van der Waals surface area contributed by atoms with Crippen LogP contribution in [0.5, 0.6) is 11.5 Å². The van der Waals surface area contributed by atoms with Crippen LogP contribution in [-0.4, -0.2) is 106 Å². The van der Waals surface area contributed by atoms with E-state index in [1.165, 1.54) is 24.6 Å². The van der Waals surface area contributed by atoms with Crippen LogP contribution in [0.25, 0.3) is 0 Å². The van der Waals surface area contributed by atoms with Crippen LogP contribution in [0.3, 0.4) is 0 Å². The van der Waals surface area contributed by atoms with Crippen molar-refractivity contribution in [3.8, 4) is 11.5 Å². The molecule has 198 valence electrons. The van der Waals surface area contributed by atoms with Crippen LogP contribution in [0.2, 0.25) is 0 Å². The van der Waals surface area contributed by atoms with E-state index in [0.29, 0.717) is 11.1 Å². The Labute approximate surface area is 214 Å². The van der Waals surface area contributed by atoms with Crippen LogP contribution < -0.4 is 10.2 Å².